The summed E-state index contributed by atoms with van der Waals surface area (Å²) in [7, 11) is 2.06. The third-order valence-electron chi connectivity index (χ3n) is 7.86. The van der Waals surface area contributed by atoms with Crippen LogP contribution in [0.25, 0.3) is 0 Å². The summed E-state index contributed by atoms with van der Waals surface area (Å²) in [5.74, 6) is -0.231. The number of aliphatic hydroxyl groups is 1. The maximum absolute atomic E-state index is 13.7. The van der Waals surface area contributed by atoms with Crippen molar-refractivity contribution in [2.45, 2.75) is 45.8 Å². The van der Waals surface area contributed by atoms with Crippen LogP contribution in [0.4, 0.5) is 11.4 Å². The van der Waals surface area contributed by atoms with E-state index in [-0.39, 0.29) is 17.9 Å². The summed E-state index contributed by atoms with van der Waals surface area (Å²) in [5.41, 5.74) is 4.78. The normalized spacial score (nSPS) is 16.0. The number of carbonyl (C=O) groups excluding carboxylic acids is 2. The number of aryl methyl sites for hydroxylation is 1. The molecule has 0 bridgehead atoms. The molecule has 3 aromatic carbocycles. The van der Waals surface area contributed by atoms with Gasteiger partial charge in [0.15, 0.2) is 0 Å². The van der Waals surface area contributed by atoms with Gasteiger partial charge >= 0.3 is 0 Å². The third kappa shape index (κ3) is 6.97. The van der Waals surface area contributed by atoms with Crippen LogP contribution < -0.4 is 10.2 Å². The number of anilines is 2. The van der Waals surface area contributed by atoms with Crippen LogP contribution in [-0.4, -0.2) is 72.6 Å². The maximum atomic E-state index is 13.7. The molecule has 40 heavy (non-hydrogen) atoms. The molecule has 2 amide bonds. The molecule has 0 saturated carbocycles. The molecule has 2 unspecified atom stereocenters. The fourth-order valence-corrected chi connectivity index (χ4v) is 5.58. The molecule has 0 spiro atoms. The highest BCUT2D eigenvalue weighted by Crippen LogP contribution is 2.36. The van der Waals surface area contributed by atoms with Gasteiger partial charge in [0.1, 0.15) is 0 Å². The molecule has 0 saturated heterocycles. The summed E-state index contributed by atoms with van der Waals surface area (Å²) in [6, 6.07) is 22.8. The van der Waals surface area contributed by atoms with Crippen LogP contribution in [0.2, 0.25) is 0 Å². The molecule has 1 aliphatic rings. The first kappa shape index (κ1) is 29.5. The molecule has 2 N–H and O–H groups in total. The zero-order valence-electron chi connectivity index (χ0n) is 24.1. The zero-order valence-corrected chi connectivity index (χ0v) is 24.1. The number of para-hydroxylation sites is 1. The minimum Gasteiger partial charge on any atom is -0.390 e. The van der Waals surface area contributed by atoms with E-state index in [0.717, 1.165) is 42.7 Å². The second kappa shape index (κ2) is 13.7. The predicted octanol–water partition coefficient (Wildman–Crippen LogP) is 5.36. The molecule has 212 valence electrons. The molecule has 1 aliphatic heterocycles. The third-order valence-corrected chi connectivity index (χ3v) is 7.86. The van der Waals surface area contributed by atoms with Gasteiger partial charge in [-0.15, -0.1) is 0 Å². The summed E-state index contributed by atoms with van der Waals surface area (Å²) in [6.07, 6.45) is 1.31. The number of likely N-dealkylation sites (N-methyl/N-ethyl adjacent to an activating group) is 2. The number of hydrogen-bond donors (Lipinski definition) is 2. The highest BCUT2D eigenvalue weighted by Gasteiger charge is 2.30. The van der Waals surface area contributed by atoms with Crippen LogP contribution in [0, 0.1) is 6.92 Å². The van der Waals surface area contributed by atoms with Gasteiger partial charge in [-0.05, 0) is 87.4 Å². The van der Waals surface area contributed by atoms with Gasteiger partial charge in [-0.1, -0.05) is 50.2 Å². The second-order valence-electron chi connectivity index (χ2n) is 10.6. The predicted molar refractivity (Wildman–Crippen MR) is 162 cm³/mol. The van der Waals surface area contributed by atoms with Gasteiger partial charge in [-0.2, -0.15) is 0 Å². The van der Waals surface area contributed by atoms with Crippen LogP contribution in [0.1, 0.15) is 64.6 Å². The fraction of sp³-hybridized carbons (Fsp3) is 0.394. The van der Waals surface area contributed by atoms with Gasteiger partial charge in [0.25, 0.3) is 11.8 Å². The molecule has 0 aliphatic carbocycles. The van der Waals surface area contributed by atoms with E-state index >= 15 is 0 Å². The number of amides is 2. The molecular weight excluding hydrogens is 500 g/mol. The summed E-state index contributed by atoms with van der Waals surface area (Å²) in [5, 5.41) is 13.7. The first-order valence-corrected chi connectivity index (χ1v) is 14.3. The Morgan fingerprint density at radius 3 is 2.35 bits per heavy atom. The van der Waals surface area contributed by atoms with Gasteiger partial charge in [0.2, 0.25) is 0 Å². The number of aliphatic hydroxyl groups excluding tert-OH is 1. The van der Waals surface area contributed by atoms with Crippen molar-refractivity contribution in [1.82, 2.24) is 9.80 Å². The van der Waals surface area contributed by atoms with E-state index in [1.165, 1.54) is 0 Å². The van der Waals surface area contributed by atoms with Gasteiger partial charge in [0.05, 0.1) is 6.10 Å². The van der Waals surface area contributed by atoms with Crippen molar-refractivity contribution in [3.05, 3.63) is 95.1 Å². The quantitative estimate of drug-likeness (QED) is 0.361. The van der Waals surface area contributed by atoms with Crippen molar-refractivity contribution in [2.24, 2.45) is 0 Å². The van der Waals surface area contributed by atoms with Crippen LogP contribution >= 0.6 is 0 Å². The average molecular weight is 543 g/mol. The number of benzene rings is 3. The Morgan fingerprint density at radius 1 is 0.975 bits per heavy atom. The number of rotatable bonds is 10. The van der Waals surface area contributed by atoms with Crippen molar-refractivity contribution in [3.63, 3.8) is 0 Å². The monoisotopic (exact) mass is 542 g/mol. The van der Waals surface area contributed by atoms with E-state index in [4.69, 9.17) is 0 Å². The lowest BCUT2D eigenvalue weighted by Gasteiger charge is -2.32. The number of carbonyl (C=O) groups is 2. The molecule has 2 atom stereocenters. The molecular formula is C33H42N4O3. The fourth-order valence-electron chi connectivity index (χ4n) is 5.58. The van der Waals surface area contributed by atoms with Crippen molar-refractivity contribution in [1.29, 1.82) is 0 Å². The number of nitrogens with zero attached hydrogens (tertiary/aromatic N) is 3. The second-order valence-corrected chi connectivity index (χ2v) is 10.6. The van der Waals surface area contributed by atoms with Crippen LogP contribution in [0.15, 0.2) is 72.8 Å². The topological polar surface area (TPSA) is 76.1 Å². The largest absolute Gasteiger partial charge is 0.390 e. The smallest absolute Gasteiger partial charge is 0.258 e. The first-order chi connectivity index (χ1) is 19.3. The van der Waals surface area contributed by atoms with E-state index < -0.39 is 6.10 Å². The van der Waals surface area contributed by atoms with Crippen LogP contribution in [0.5, 0.6) is 0 Å². The Labute approximate surface area is 238 Å². The maximum Gasteiger partial charge on any atom is 0.258 e. The molecule has 1 heterocycles. The SMILES string of the molecule is CCN(CC)CC(O)CN(C)C1CCCN(C(=O)c2ccc(NC(=O)c3ccccc3C)cc2)c2ccccc21. The first-order valence-electron chi connectivity index (χ1n) is 14.3. The highest BCUT2D eigenvalue weighted by molar-refractivity contribution is 6.08. The average Bonchev–Trinajstić information content (AvgIpc) is 3.16. The minimum absolute atomic E-state index is 0.0610. The number of hydrogen-bond acceptors (Lipinski definition) is 5. The summed E-state index contributed by atoms with van der Waals surface area (Å²) in [4.78, 5) is 32.8. The van der Waals surface area contributed by atoms with Crippen molar-refractivity contribution in [3.8, 4) is 0 Å². The Kier molecular flexibility index (Phi) is 10.1. The molecule has 0 fully saturated rings. The van der Waals surface area contributed by atoms with Crippen molar-refractivity contribution >= 4 is 23.2 Å². The zero-order chi connectivity index (χ0) is 28.6. The lowest BCUT2D eigenvalue weighted by Crippen LogP contribution is -2.40. The molecule has 7 heteroatoms. The summed E-state index contributed by atoms with van der Waals surface area (Å²) >= 11 is 0. The van der Waals surface area contributed by atoms with Gasteiger partial charge < -0.3 is 20.2 Å². The van der Waals surface area contributed by atoms with E-state index in [1.54, 1.807) is 30.3 Å². The highest BCUT2D eigenvalue weighted by atomic mass is 16.3. The Hall–Kier alpha value is -3.52. The van der Waals surface area contributed by atoms with Crippen molar-refractivity contribution < 1.29 is 14.7 Å². The van der Waals surface area contributed by atoms with Crippen molar-refractivity contribution in [2.75, 3.05) is 50.0 Å². The summed E-state index contributed by atoms with van der Waals surface area (Å²) < 4.78 is 0. The van der Waals surface area contributed by atoms with Gasteiger partial charge in [-0.3, -0.25) is 14.5 Å². The minimum atomic E-state index is -0.442. The lowest BCUT2D eigenvalue weighted by atomic mass is 9.99. The molecule has 0 radical (unpaired) electrons. The van der Waals surface area contributed by atoms with E-state index in [0.29, 0.717) is 36.4 Å². The number of fused-ring (bicyclic) bond motifs is 1. The van der Waals surface area contributed by atoms with Gasteiger partial charge in [-0.25, -0.2) is 0 Å². The van der Waals surface area contributed by atoms with E-state index in [2.05, 4.69) is 42.1 Å². The van der Waals surface area contributed by atoms with Crippen LogP contribution in [0.3, 0.4) is 0 Å². The molecule has 7 nitrogen and oxygen atoms in total. The molecule has 0 aromatic heterocycles. The van der Waals surface area contributed by atoms with E-state index in [9.17, 15) is 14.7 Å². The molecule has 3 aromatic rings. The Bertz CT molecular complexity index is 1290. The lowest BCUT2D eigenvalue weighted by molar-refractivity contribution is 0.0697. The Morgan fingerprint density at radius 2 is 1.65 bits per heavy atom. The Balaban J connectivity index is 1.48. The van der Waals surface area contributed by atoms with E-state index in [1.807, 2.05) is 48.2 Å². The summed E-state index contributed by atoms with van der Waals surface area (Å²) in [6.45, 7) is 9.81. The van der Waals surface area contributed by atoms with Gasteiger partial charge in [0, 0.05) is 48.2 Å². The molecule has 4 rings (SSSR count). The number of nitrogens with one attached hydrogen (secondary N) is 1. The standard InChI is InChI=1S/C33H42N4O3/c1-5-36(6-2)23-27(38)22-35(4)30-16-11-21-37(31-15-10-9-14-29(30)31)33(40)25-17-19-26(20-18-25)34-32(39)28-13-8-7-12-24(28)3/h7-10,12-15,17-20,27,30,38H,5-6,11,16,21-23H2,1-4H3,(H,34,39). The van der Waals surface area contributed by atoms with Crippen LogP contribution in [-0.2, 0) is 0 Å².